The highest BCUT2D eigenvalue weighted by atomic mass is 35.5. The van der Waals surface area contributed by atoms with Gasteiger partial charge in [0.2, 0.25) is 0 Å². The lowest BCUT2D eigenvalue weighted by atomic mass is 10.0. The molecule has 0 bridgehead atoms. The third kappa shape index (κ3) is 5.79. The fraction of sp³-hybridized carbons (Fsp3) is 0.238. The first kappa shape index (κ1) is 25.8. The summed E-state index contributed by atoms with van der Waals surface area (Å²) in [5.41, 5.74) is -2.97. The van der Waals surface area contributed by atoms with Crippen LogP contribution in [0.15, 0.2) is 40.2 Å². The Morgan fingerprint density at radius 2 is 1.79 bits per heavy atom. The fourth-order valence-electron chi connectivity index (χ4n) is 2.96. The van der Waals surface area contributed by atoms with Crippen LogP contribution in [-0.4, -0.2) is 25.2 Å². The molecule has 1 aliphatic rings. The van der Waals surface area contributed by atoms with E-state index in [2.05, 4.69) is 10.3 Å². The van der Waals surface area contributed by atoms with E-state index < -0.39 is 40.9 Å². The normalized spacial score (nSPS) is 15.5. The number of ether oxygens (including phenoxy) is 2. The van der Waals surface area contributed by atoms with Crippen molar-refractivity contribution in [1.82, 2.24) is 5.32 Å². The van der Waals surface area contributed by atoms with Crippen LogP contribution in [0.25, 0.3) is 6.08 Å². The van der Waals surface area contributed by atoms with Gasteiger partial charge in [-0.05, 0) is 41.6 Å². The number of aliphatic imine (C=N–C) groups is 1. The van der Waals surface area contributed by atoms with Crippen LogP contribution in [0, 0.1) is 0 Å². The molecule has 13 heteroatoms. The second kappa shape index (κ2) is 9.79. The maximum Gasteiger partial charge on any atom is 0.416 e. The van der Waals surface area contributed by atoms with Crippen LogP contribution in [0.4, 0.5) is 31.1 Å². The number of amidine groups is 1. The van der Waals surface area contributed by atoms with Gasteiger partial charge in [0.1, 0.15) is 12.4 Å². The number of alkyl halides is 6. The smallest absolute Gasteiger partial charge is 0.416 e. The summed E-state index contributed by atoms with van der Waals surface area (Å²) in [7, 11) is 2.88. The monoisotopic (exact) mass is 524 g/mol. The molecule has 0 radical (unpaired) electrons. The van der Waals surface area contributed by atoms with E-state index in [1.54, 1.807) is 13.1 Å². The van der Waals surface area contributed by atoms with Gasteiger partial charge in [-0.25, -0.2) is 0 Å². The Hall–Kier alpha value is -2.86. The summed E-state index contributed by atoms with van der Waals surface area (Å²) in [4.78, 5) is 15.8. The van der Waals surface area contributed by atoms with Crippen molar-refractivity contribution in [2.45, 2.75) is 19.0 Å². The molecular weight excluding hydrogens is 510 g/mol. The highest BCUT2D eigenvalue weighted by Crippen LogP contribution is 2.40. The highest BCUT2D eigenvalue weighted by molar-refractivity contribution is 8.18. The van der Waals surface area contributed by atoms with Gasteiger partial charge < -0.3 is 14.8 Å². The van der Waals surface area contributed by atoms with Crippen LogP contribution in [0.5, 0.6) is 11.5 Å². The average molecular weight is 525 g/mol. The van der Waals surface area contributed by atoms with E-state index in [1.807, 2.05) is 0 Å². The second-order valence-electron chi connectivity index (χ2n) is 6.77. The first-order chi connectivity index (χ1) is 15.8. The maximum atomic E-state index is 13.4. The summed E-state index contributed by atoms with van der Waals surface area (Å²) in [6, 6.07) is 4.04. The molecule has 0 fully saturated rings. The lowest BCUT2D eigenvalue weighted by Gasteiger charge is -2.17. The zero-order chi connectivity index (χ0) is 25.3. The summed E-state index contributed by atoms with van der Waals surface area (Å²) >= 11 is 7.15. The number of carbonyl (C=O) groups is 1. The van der Waals surface area contributed by atoms with E-state index in [-0.39, 0.29) is 22.6 Å². The van der Waals surface area contributed by atoms with E-state index in [9.17, 15) is 31.1 Å². The molecule has 34 heavy (non-hydrogen) atoms. The molecule has 1 aliphatic heterocycles. The minimum absolute atomic E-state index is 0.0275. The van der Waals surface area contributed by atoms with E-state index >= 15 is 0 Å². The number of likely N-dealkylation sites (N-methyl/N-ethyl adjacent to an activating group) is 1. The van der Waals surface area contributed by atoms with Crippen LogP contribution in [0.1, 0.15) is 22.3 Å². The van der Waals surface area contributed by atoms with Gasteiger partial charge in [-0.2, -0.15) is 31.3 Å². The third-order valence-corrected chi connectivity index (χ3v) is 5.69. The summed E-state index contributed by atoms with van der Waals surface area (Å²) in [5.74, 6) is 0.418. The van der Waals surface area contributed by atoms with E-state index in [4.69, 9.17) is 21.1 Å². The van der Waals surface area contributed by atoms with Crippen molar-refractivity contribution in [3.63, 3.8) is 0 Å². The molecule has 0 saturated carbocycles. The van der Waals surface area contributed by atoms with Crippen molar-refractivity contribution in [1.29, 1.82) is 0 Å². The third-order valence-electron chi connectivity index (χ3n) is 4.57. The predicted octanol–water partition coefficient (Wildman–Crippen LogP) is 6.79. The quantitative estimate of drug-likeness (QED) is 0.436. The standard InChI is InChI=1S/C21H15ClF6N2O3S/c1-29-18-17(34-19(31)30-18)6-11-5-15(32-2)16(8-14(11)22)33-9-10-3-4-12(20(23,24)25)7-13(10)21(26,27)28/h3-8H,9H2,1-2H3,(H,29,30,31). The first-order valence-electron chi connectivity index (χ1n) is 9.31. The van der Waals surface area contributed by atoms with Crippen molar-refractivity contribution >= 4 is 40.5 Å². The number of benzene rings is 2. The topological polar surface area (TPSA) is 59.9 Å². The molecule has 0 spiro atoms. The van der Waals surface area contributed by atoms with Gasteiger partial charge in [0.15, 0.2) is 11.5 Å². The summed E-state index contributed by atoms with van der Waals surface area (Å²) in [6.45, 7) is -0.693. The molecule has 182 valence electrons. The fourth-order valence-corrected chi connectivity index (χ4v) is 3.93. The maximum absolute atomic E-state index is 13.4. The Bertz CT molecular complexity index is 1180. The molecule has 0 aromatic heterocycles. The summed E-state index contributed by atoms with van der Waals surface area (Å²) < 4.78 is 89.4. The molecule has 0 aliphatic carbocycles. The van der Waals surface area contributed by atoms with E-state index in [0.29, 0.717) is 28.4 Å². The molecule has 1 heterocycles. The van der Waals surface area contributed by atoms with Gasteiger partial charge in [-0.15, -0.1) is 0 Å². The molecule has 0 unspecified atom stereocenters. The van der Waals surface area contributed by atoms with Gasteiger partial charge in [0, 0.05) is 18.7 Å². The Labute approximate surface area is 198 Å². The van der Waals surface area contributed by atoms with Gasteiger partial charge in [-0.1, -0.05) is 17.7 Å². The Morgan fingerprint density at radius 3 is 2.38 bits per heavy atom. The van der Waals surface area contributed by atoms with Crippen LogP contribution in [-0.2, 0) is 19.0 Å². The minimum Gasteiger partial charge on any atom is -0.493 e. The summed E-state index contributed by atoms with van der Waals surface area (Å²) in [5, 5.41) is 2.48. The zero-order valence-corrected chi connectivity index (χ0v) is 19.0. The number of nitrogens with one attached hydrogen (secondary N) is 1. The van der Waals surface area contributed by atoms with Crippen molar-refractivity contribution in [3.05, 3.63) is 62.5 Å². The van der Waals surface area contributed by atoms with Gasteiger partial charge in [0.25, 0.3) is 0 Å². The molecule has 2 aromatic carbocycles. The lowest BCUT2D eigenvalue weighted by molar-refractivity contribution is -0.143. The van der Waals surface area contributed by atoms with E-state index in [1.165, 1.54) is 19.2 Å². The molecular formula is C21H15ClF6N2O3S. The first-order valence-corrected chi connectivity index (χ1v) is 10.5. The number of amides is 1. The van der Waals surface area contributed by atoms with Crippen LogP contribution >= 0.6 is 23.4 Å². The minimum atomic E-state index is -5.03. The molecule has 1 amide bonds. The molecule has 0 atom stereocenters. The Kier molecular flexibility index (Phi) is 7.41. The summed E-state index contributed by atoms with van der Waals surface area (Å²) in [6.07, 6.45) is -8.39. The van der Waals surface area contributed by atoms with Crippen molar-refractivity contribution in [3.8, 4) is 11.5 Å². The average Bonchev–Trinajstić information content (AvgIpc) is 3.11. The number of hydrogen-bond donors (Lipinski definition) is 1. The lowest BCUT2D eigenvalue weighted by Crippen LogP contribution is -2.16. The van der Waals surface area contributed by atoms with Crippen molar-refractivity contribution in [2.24, 2.45) is 4.99 Å². The van der Waals surface area contributed by atoms with Gasteiger partial charge >= 0.3 is 17.6 Å². The highest BCUT2D eigenvalue weighted by Gasteiger charge is 2.38. The Morgan fingerprint density at radius 1 is 1.09 bits per heavy atom. The number of halogens is 7. The number of methoxy groups -OCH3 is 1. The van der Waals surface area contributed by atoms with Crippen LogP contribution in [0.2, 0.25) is 5.02 Å². The Balaban J connectivity index is 1.91. The van der Waals surface area contributed by atoms with Gasteiger partial charge in [0.05, 0.1) is 28.2 Å². The van der Waals surface area contributed by atoms with Crippen molar-refractivity contribution in [2.75, 3.05) is 14.2 Å². The molecule has 1 N–H and O–H groups in total. The number of hydrogen-bond acceptors (Lipinski definition) is 5. The SMILES string of the molecule is CNC1=NC(=O)SC1=Cc1cc(OC)c(OCc2ccc(C(F)(F)F)cc2C(F)(F)F)cc1Cl. The number of carbonyl (C=O) groups excluding carboxylic acids is 1. The van der Waals surface area contributed by atoms with Gasteiger partial charge in [-0.3, -0.25) is 4.79 Å². The van der Waals surface area contributed by atoms with E-state index in [0.717, 1.165) is 11.8 Å². The van der Waals surface area contributed by atoms with Crippen LogP contribution < -0.4 is 14.8 Å². The predicted molar refractivity (Wildman–Crippen MR) is 116 cm³/mol. The van der Waals surface area contributed by atoms with Crippen molar-refractivity contribution < 1.29 is 40.6 Å². The number of thioether (sulfide) groups is 1. The largest absolute Gasteiger partial charge is 0.493 e. The zero-order valence-electron chi connectivity index (χ0n) is 17.4. The molecule has 5 nitrogen and oxygen atoms in total. The molecule has 3 rings (SSSR count). The number of nitrogens with zero attached hydrogens (tertiary/aromatic N) is 1. The van der Waals surface area contributed by atoms with Crippen LogP contribution in [0.3, 0.4) is 0 Å². The second-order valence-corrected chi connectivity index (χ2v) is 8.17. The molecule has 2 aromatic rings. The molecule has 0 saturated heterocycles. The number of rotatable bonds is 5.